The average molecular weight is 1080 g/mol. The highest BCUT2D eigenvalue weighted by atomic mass is 32.2. The minimum Gasteiger partial charge on any atom is -0.494 e. The minimum absolute atomic E-state index is 0.0119. The Hall–Kier alpha value is -6.86. The van der Waals surface area contributed by atoms with Gasteiger partial charge in [0.05, 0.1) is 36.4 Å². The molecule has 24 nitrogen and oxygen atoms in total. The van der Waals surface area contributed by atoms with Crippen LogP contribution in [-0.2, 0) is 59.5 Å². The molecule has 3 atom stereocenters. The van der Waals surface area contributed by atoms with E-state index in [1.54, 1.807) is 79.8 Å². The Labute approximate surface area is 444 Å². The zero-order valence-corrected chi connectivity index (χ0v) is 46.0. The molecule has 76 heavy (non-hydrogen) atoms. The monoisotopic (exact) mass is 1080 g/mol. The number of hydrogen-bond acceptors (Lipinski definition) is 18. The Bertz CT molecular complexity index is 2640. The van der Waals surface area contributed by atoms with E-state index in [1.807, 2.05) is 4.68 Å². The molecular formula is C51H77N11O13S. The van der Waals surface area contributed by atoms with Crippen LogP contribution < -0.4 is 47.1 Å². The third-order valence-corrected chi connectivity index (χ3v) is 13.0. The smallest absolute Gasteiger partial charge is 0.325 e. The maximum absolute atomic E-state index is 13.8. The summed E-state index contributed by atoms with van der Waals surface area (Å²) < 4.78 is 53.2. The number of aryl methyl sites for hydroxylation is 3. The molecule has 1 aliphatic rings. The Balaban J connectivity index is 1.22. The van der Waals surface area contributed by atoms with Gasteiger partial charge in [0.1, 0.15) is 29.0 Å². The van der Waals surface area contributed by atoms with Crippen LogP contribution in [0.5, 0.6) is 5.75 Å². The molecule has 0 aliphatic carbocycles. The number of carbonyl (C=O) groups is 7. The second-order valence-corrected chi connectivity index (χ2v) is 21.9. The van der Waals surface area contributed by atoms with Gasteiger partial charge in [-0.3, -0.25) is 43.2 Å². The summed E-state index contributed by atoms with van der Waals surface area (Å²) >= 11 is 0. The maximum Gasteiger partial charge on any atom is 0.325 e. The highest BCUT2D eigenvalue weighted by molar-refractivity contribution is 7.89. The van der Waals surface area contributed by atoms with E-state index in [1.165, 1.54) is 12.1 Å². The highest BCUT2D eigenvalue weighted by Gasteiger charge is 2.31. The molecule has 4 rings (SSSR count). The summed E-state index contributed by atoms with van der Waals surface area (Å²) in [6, 6.07) is 4.31. The molecule has 0 saturated heterocycles. The predicted octanol–water partition coefficient (Wildman–Crippen LogP) is 1.68. The van der Waals surface area contributed by atoms with Crippen LogP contribution in [0.4, 0.5) is 0 Å². The van der Waals surface area contributed by atoms with Gasteiger partial charge in [0, 0.05) is 76.0 Å². The van der Waals surface area contributed by atoms with E-state index in [4.69, 9.17) is 24.7 Å². The van der Waals surface area contributed by atoms with Gasteiger partial charge in [-0.1, -0.05) is 0 Å². The van der Waals surface area contributed by atoms with Crippen molar-refractivity contribution in [2.45, 2.75) is 148 Å². The summed E-state index contributed by atoms with van der Waals surface area (Å²) in [6.07, 6.45) is 3.33. The van der Waals surface area contributed by atoms with Gasteiger partial charge in [0.15, 0.2) is 5.96 Å². The van der Waals surface area contributed by atoms with Crippen molar-refractivity contribution in [1.29, 1.82) is 0 Å². The molecule has 420 valence electrons. The van der Waals surface area contributed by atoms with E-state index in [9.17, 15) is 42.0 Å². The molecule has 0 saturated carbocycles. The van der Waals surface area contributed by atoms with Gasteiger partial charge in [0.25, 0.3) is 5.91 Å². The van der Waals surface area contributed by atoms with Crippen molar-refractivity contribution in [1.82, 2.24) is 46.4 Å². The largest absolute Gasteiger partial charge is 0.494 e. The second-order valence-electron chi connectivity index (χ2n) is 20.2. The van der Waals surface area contributed by atoms with Crippen LogP contribution >= 0.6 is 0 Å². The van der Waals surface area contributed by atoms with Crippen LogP contribution in [0.15, 0.2) is 46.4 Å². The summed E-state index contributed by atoms with van der Waals surface area (Å²) in [5, 5.41) is 22.2. The van der Waals surface area contributed by atoms with Gasteiger partial charge < -0.3 is 56.6 Å². The molecule has 25 heteroatoms. The van der Waals surface area contributed by atoms with Gasteiger partial charge in [-0.15, -0.1) is 0 Å². The van der Waals surface area contributed by atoms with Crippen LogP contribution in [0.25, 0.3) is 10.9 Å². The molecule has 0 fully saturated rings. The molecule has 9 N–H and O–H groups in total. The SMILES string of the molecule is COC(=O)C(CNC(=O)c1ccc2c(cnn2CCCNC2=NCCCN2)c1)NS(=O)(=O)c1c(C)cc(OCCCC(=O)NCCNC(=O)C(CCC(=O)OC(C)(C)C)NC(=O)[C@@H](N)CCC(=O)OC(C)(C)C)cc1C. The number of ether oxygens (including phenoxy) is 4. The van der Waals surface area contributed by atoms with Crippen molar-refractivity contribution in [2.75, 3.05) is 53.0 Å². The van der Waals surface area contributed by atoms with Crippen molar-refractivity contribution < 1.29 is 60.9 Å². The fourth-order valence-electron chi connectivity index (χ4n) is 7.79. The summed E-state index contributed by atoms with van der Waals surface area (Å²) in [5.74, 6) is -3.09. The number of sulfonamides is 1. The van der Waals surface area contributed by atoms with Crippen molar-refractivity contribution >= 4 is 68.4 Å². The number of hydrogen-bond donors (Lipinski definition) is 8. The number of carbonyl (C=O) groups excluding carboxylic acids is 7. The van der Waals surface area contributed by atoms with Crippen LogP contribution in [0.2, 0.25) is 0 Å². The molecular weight excluding hydrogens is 1010 g/mol. The van der Waals surface area contributed by atoms with Crippen LogP contribution in [0, 0.1) is 13.8 Å². The normalized spacial score (nSPS) is 13.9. The quantitative estimate of drug-likeness (QED) is 0.0291. The third kappa shape index (κ3) is 21.0. The lowest BCUT2D eigenvalue weighted by Gasteiger charge is -2.23. The fourth-order valence-corrected chi connectivity index (χ4v) is 9.43. The number of rotatable bonds is 28. The zero-order valence-electron chi connectivity index (χ0n) is 45.1. The third-order valence-electron chi connectivity index (χ3n) is 11.3. The summed E-state index contributed by atoms with van der Waals surface area (Å²) in [7, 11) is -3.25. The van der Waals surface area contributed by atoms with Gasteiger partial charge in [-0.25, -0.2) is 8.42 Å². The van der Waals surface area contributed by atoms with Crippen molar-refractivity contribution in [3.05, 3.63) is 53.2 Å². The molecule has 2 aromatic carbocycles. The number of nitrogens with two attached hydrogens (primary N) is 1. The van der Waals surface area contributed by atoms with Crippen molar-refractivity contribution in [3.63, 3.8) is 0 Å². The number of nitrogens with zero attached hydrogens (tertiary/aromatic N) is 3. The van der Waals surface area contributed by atoms with Gasteiger partial charge in [-0.05, 0) is 129 Å². The molecule has 2 heterocycles. The van der Waals surface area contributed by atoms with E-state index in [2.05, 4.69) is 46.7 Å². The van der Waals surface area contributed by atoms with Gasteiger partial charge in [-0.2, -0.15) is 9.82 Å². The number of methoxy groups -OCH3 is 1. The number of nitrogens with one attached hydrogen (secondary N) is 7. The minimum atomic E-state index is -4.36. The molecule has 0 radical (unpaired) electrons. The summed E-state index contributed by atoms with van der Waals surface area (Å²) in [4.78, 5) is 93.8. The Morgan fingerprint density at radius 1 is 0.816 bits per heavy atom. The van der Waals surface area contributed by atoms with E-state index in [0.717, 1.165) is 49.9 Å². The Morgan fingerprint density at radius 2 is 1.47 bits per heavy atom. The number of benzene rings is 2. The summed E-state index contributed by atoms with van der Waals surface area (Å²) in [6.45, 7) is 16.1. The van der Waals surface area contributed by atoms with Crippen molar-refractivity contribution in [3.8, 4) is 5.75 Å². The Kier molecular flexibility index (Phi) is 23.4. The van der Waals surface area contributed by atoms with Gasteiger partial charge in [0.2, 0.25) is 27.7 Å². The summed E-state index contributed by atoms with van der Waals surface area (Å²) in [5.41, 5.74) is 6.28. The number of aliphatic imine (C=N–C) groups is 1. The molecule has 0 bridgehead atoms. The number of fused-ring (bicyclic) bond motifs is 1. The maximum atomic E-state index is 13.8. The van der Waals surface area contributed by atoms with Gasteiger partial charge >= 0.3 is 17.9 Å². The Morgan fingerprint density at radius 3 is 2.11 bits per heavy atom. The van der Waals surface area contributed by atoms with Crippen LogP contribution in [0.3, 0.4) is 0 Å². The standard InChI is InChI=1S/C51H77N11O13S/c1-32-27-36(73-26-10-13-41(63)53-23-24-54-47(68)38(16-19-43(65)75-51(6,7)8)60-46(67)37(52)15-18-42(64)74-50(3,4)5)28-33(2)44(32)76(70,71)61-39(48(69)72-9)31-58-45(66)34-14-17-40-35(29-34)30-59-62(40)25-12-22-57-49-55-20-11-21-56-49/h14,17,27-30,37-39,61H,10-13,15-16,18-26,31,52H2,1-9H3,(H,53,63)(H,54,68)(H,58,66)(H,60,67)(H2,55,56,57)/t37-,38?,39?/m0/s1. The zero-order chi connectivity index (χ0) is 56.2. The number of aromatic nitrogens is 2. The first kappa shape index (κ1) is 61.7. The average Bonchev–Trinajstić information content (AvgIpc) is 3.75. The number of amides is 4. The highest BCUT2D eigenvalue weighted by Crippen LogP contribution is 2.27. The first-order chi connectivity index (χ1) is 35.7. The molecule has 2 unspecified atom stereocenters. The molecule has 0 spiro atoms. The van der Waals surface area contributed by atoms with Crippen LogP contribution in [0.1, 0.15) is 114 Å². The first-order valence-corrected chi connectivity index (χ1v) is 26.9. The molecule has 1 aliphatic heterocycles. The second kappa shape index (κ2) is 28.9. The lowest BCUT2D eigenvalue weighted by atomic mass is 10.1. The fraction of sp³-hybridized carbons (Fsp3) is 0.588. The van der Waals surface area contributed by atoms with E-state index < -0.39 is 81.5 Å². The predicted molar refractivity (Wildman–Crippen MR) is 282 cm³/mol. The first-order valence-electron chi connectivity index (χ1n) is 25.4. The lowest BCUT2D eigenvalue weighted by molar-refractivity contribution is -0.156. The topological polar surface area (TPSA) is 331 Å². The lowest BCUT2D eigenvalue weighted by Crippen LogP contribution is -2.52. The van der Waals surface area contributed by atoms with Crippen molar-refractivity contribution in [2.24, 2.45) is 10.7 Å². The molecule has 1 aromatic heterocycles. The molecule has 3 aromatic rings. The molecule has 4 amide bonds. The van der Waals surface area contributed by atoms with E-state index in [-0.39, 0.29) is 74.6 Å². The van der Waals surface area contributed by atoms with Crippen LogP contribution in [-0.4, -0.2) is 148 Å². The number of guanidine groups is 1. The number of esters is 3. The van der Waals surface area contributed by atoms with E-state index in [0.29, 0.717) is 30.0 Å². The van der Waals surface area contributed by atoms with E-state index >= 15 is 0 Å².